The van der Waals surface area contributed by atoms with Crippen molar-refractivity contribution in [1.29, 1.82) is 0 Å². The van der Waals surface area contributed by atoms with Crippen molar-refractivity contribution in [2.45, 2.75) is 57.8 Å². The smallest absolute Gasteiger partial charge is 0.305 e. The number of esters is 1. The monoisotopic (exact) mass is 366 g/mol. The van der Waals surface area contributed by atoms with E-state index in [0.717, 1.165) is 37.5 Å². The minimum atomic E-state index is -0.174. The van der Waals surface area contributed by atoms with Crippen LogP contribution in [0.5, 0.6) is 0 Å². The number of anilines is 1. The Labute approximate surface area is 151 Å². The highest BCUT2D eigenvalue weighted by Crippen LogP contribution is 2.32. The lowest BCUT2D eigenvalue weighted by atomic mass is 10.2. The Morgan fingerprint density at radius 2 is 2.28 bits per heavy atom. The second kappa shape index (κ2) is 8.01. The number of aromatic nitrogens is 3. The Hall–Kier alpha value is -1.86. The zero-order valence-electron chi connectivity index (χ0n) is 14.3. The summed E-state index contributed by atoms with van der Waals surface area (Å²) in [6, 6.07) is 1.85. The van der Waals surface area contributed by atoms with Gasteiger partial charge in [0.2, 0.25) is 5.28 Å². The van der Waals surface area contributed by atoms with Crippen LogP contribution in [0.1, 0.15) is 51.7 Å². The van der Waals surface area contributed by atoms with E-state index in [4.69, 9.17) is 26.8 Å². The van der Waals surface area contributed by atoms with Gasteiger partial charge in [-0.1, -0.05) is 19.8 Å². The van der Waals surface area contributed by atoms with Crippen LogP contribution in [0.2, 0.25) is 5.28 Å². The number of fused-ring (bicyclic) bond motifs is 1. The first-order chi connectivity index (χ1) is 12.1. The number of ether oxygens (including phenoxy) is 2. The summed E-state index contributed by atoms with van der Waals surface area (Å²) in [4.78, 5) is 19.9. The largest absolute Gasteiger partial charge is 0.463 e. The van der Waals surface area contributed by atoms with Crippen molar-refractivity contribution in [3.8, 4) is 0 Å². The summed E-state index contributed by atoms with van der Waals surface area (Å²) in [5, 5.41) is 0.860. The van der Waals surface area contributed by atoms with Crippen LogP contribution < -0.4 is 5.73 Å². The molecule has 1 aliphatic rings. The molecule has 0 radical (unpaired) electrons. The third kappa shape index (κ3) is 4.22. The summed E-state index contributed by atoms with van der Waals surface area (Å²) in [6.45, 7) is 2.40. The summed E-state index contributed by atoms with van der Waals surface area (Å²) >= 11 is 5.91. The number of halogens is 1. The van der Waals surface area contributed by atoms with Crippen molar-refractivity contribution in [1.82, 2.24) is 14.5 Å². The van der Waals surface area contributed by atoms with E-state index in [-0.39, 0.29) is 23.6 Å². The van der Waals surface area contributed by atoms with Crippen LogP contribution in [-0.2, 0) is 14.3 Å². The van der Waals surface area contributed by atoms with Gasteiger partial charge in [0.1, 0.15) is 24.3 Å². The molecule has 2 atom stereocenters. The minimum Gasteiger partial charge on any atom is -0.463 e. The number of nitrogens with zero attached hydrogens (tertiary/aromatic N) is 3. The van der Waals surface area contributed by atoms with Gasteiger partial charge in [-0.2, -0.15) is 4.98 Å². The maximum Gasteiger partial charge on any atom is 0.305 e. The van der Waals surface area contributed by atoms with Gasteiger partial charge in [0.25, 0.3) is 0 Å². The molecule has 0 aromatic carbocycles. The normalized spacial score (nSPS) is 20.2. The molecule has 25 heavy (non-hydrogen) atoms. The fraction of sp³-hybridized carbons (Fsp3) is 0.588. The van der Waals surface area contributed by atoms with Gasteiger partial charge in [0, 0.05) is 12.6 Å². The highest BCUT2D eigenvalue weighted by Gasteiger charge is 2.28. The molecule has 8 heteroatoms. The predicted molar refractivity (Wildman–Crippen MR) is 95.2 cm³/mol. The first-order valence-corrected chi connectivity index (χ1v) is 9.07. The number of hydrogen-bond donors (Lipinski definition) is 1. The number of hydrogen-bond acceptors (Lipinski definition) is 6. The molecule has 0 bridgehead atoms. The Morgan fingerprint density at radius 3 is 3.08 bits per heavy atom. The average molecular weight is 367 g/mol. The molecule has 3 heterocycles. The van der Waals surface area contributed by atoms with Crippen LogP contribution in [0.4, 0.5) is 5.82 Å². The fourth-order valence-electron chi connectivity index (χ4n) is 3.05. The van der Waals surface area contributed by atoms with Gasteiger partial charge in [-0.05, 0) is 36.9 Å². The number of nitrogens with two attached hydrogens (primary N) is 1. The van der Waals surface area contributed by atoms with Crippen LogP contribution in [-0.4, -0.2) is 33.2 Å². The van der Waals surface area contributed by atoms with E-state index >= 15 is 0 Å². The Balaban J connectivity index is 1.57. The second-order valence-corrected chi connectivity index (χ2v) is 6.61. The van der Waals surface area contributed by atoms with E-state index in [9.17, 15) is 4.79 Å². The van der Waals surface area contributed by atoms with Crippen LogP contribution in [0.25, 0.3) is 11.0 Å². The molecule has 2 N–H and O–H groups in total. The molecule has 0 aliphatic carbocycles. The van der Waals surface area contributed by atoms with Crippen molar-refractivity contribution < 1.29 is 14.3 Å². The maximum absolute atomic E-state index is 11.7. The number of rotatable bonds is 7. The molecule has 2 aromatic rings. The molecule has 3 rings (SSSR count). The lowest BCUT2D eigenvalue weighted by Crippen LogP contribution is -2.19. The first kappa shape index (κ1) is 17.9. The SMILES string of the molecule is CCCCCC(=O)OCC1CC[C@H](n2ccc3c(N)nc(Cl)nc32)O1. The molecule has 136 valence electrons. The van der Waals surface area contributed by atoms with Gasteiger partial charge in [-0.25, -0.2) is 4.98 Å². The van der Waals surface area contributed by atoms with Gasteiger partial charge in [0.05, 0.1) is 11.5 Å². The van der Waals surface area contributed by atoms with Crippen molar-refractivity contribution in [2.75, 3.05) is 12.3 Å². The van der Waals surface area contributed by atoms with Gasteiger partial charge in [-0.15, -0.1) is 0 Å². The van der Waals surface area contributed by atoms with E-state index in [2.05, 4.69) is 16.9 Å². The predicted octanol–water partition coefficient (Wildman–Crippen LogP) is 3.47. The maximum atomic E-state index is 11.7. The van der Waals surface area contributed by atoms with Gasteiger partial charge in [-0.3, -0.25) is 4.79 Å². The molecule has 0 spiro atoms. The van der Waals surface area contributed by atoms with Crippen molar-refractivity contribution in [3.63, 3.8) is 0 Å². The zero-order chi connectivity index (χ0) is 17.8. The lowest BCUT2D eigenvalue weighted by molar-refractivity contribution is -0.148. The summed E-state index contributed by atoms with van der Waals surface area (Å²) in [7, 11) is 0. The zero-order valence-corrected chi connectivity index (χ0v) is 15.0. The molecule has 0 amide bonds. The number of carbonyl (C=O) groups is 1. The topological polar surface area (TPSA) is 92.3 Å². The molecular weight excluding hydrogens is 344 g/mol. The summed E-state index contributed by atoms with van der Waals surface area (Å²) < 4.78 is 13.2. The molecule has 0 saturated carbocycles. The molecular formula is C17H23ClN4O3. The van der Waals surface area contributed by atoms with E-state index in [1.54, 1.807) is 0 Å². The van der Waals surface area contributed by atoms with Crippen molar-refractivity contribution >= 4 is 34.4 Å². The van der Waals surface area contributed by atoms with Crippen LogP contribution in [0.15, 0.2) is 12.3 Å². The molecule has 1 aliphatic heterocycles. The third-order valence-corrected chi connectivity index (χ3v) is 4.55. The Morgan fingerprint density at radius 1 is 1.44 bits per heavy atom. The van der Waals surface area contributed by atoms with Gasteiger partial charge >= 0.3 is 5.97 Å². The standard InChI is InChI=1S/C17H23ClN4O3/c1-2-3-4-5-14(23)24-10-11-6-7-13(25-11)22-9-8-12-15(19)20-17(18)21-16(12)22/h8-9,11,13H,2-7,10H2,1H3,(H2,19,20,21)/t11?,13-/m1/s1. The quantitative estimate of drug-likeness (QED) is 0.458. The molecule has 1 unspecified atom stereocenters. The summed E-state index contributed by atoms with van der Waals surface area (Å²) in [5.74, 6) is 0.198. The van der Waals surface area contributed by atoms with E-state index in [1.165, 1.54) is 0 Å². The van der Waals surface area contributed by atoms with E-state index in [1.807, 2.05) is 16.8 Å². The van der Waals surface area contributed by atoms with Gasteiger partial charge in [0.15, 0.2) is 0 Å². The van der Waals surface area contributed by atoms with Crippen LogP contribution >= 0.6 is 11.6 Å². The van der Waals surface area contributed by atoms with Gasteiger partial charge < -0.3 is 19.8 Å². The summed E-state index contributed by atoms with van der Waals surface area (Å²) in [6.07, 6.45) is 6.70. The van der Waals surface area contributed by atoms with Crippen molar-refractivity contribution in [3.05, 3.63) is 17.5 Å². The second-order valence-electron chi connectivity index (χ2n) is 6.27. The molecule has 2 aromatic heterocycles. The first-order valence-electron chi connectivity index (χ1n) is 8.69. The molecule has 1 fully saturated rings. The highest BCUT2D eigenvalue weighted by atomic mass is 35.5. The van der Waals surface area contributed by atoms with Crippen LogP contribution in [0.3, 0.4) is 0 Å². The summed E-state index contributed by atoms with van der Waals surface area (Å²) in [5.41, 5.74) is 6.53. The highest BCUT2D eigenvalue weighted by molar-refractivity contribution is 6.28. The average Bonchev–Trinajstić information content (AvgIpc) is 3.19. The lowest BCUT2D eigenvalue weighted by Gasteiger charge is -2.16. The number of carbonyl (C=O) groups excluding carboxylic acids is 1. The van der Waals surface area contributed by atoms with E-state index in [0.29, 0.717) is 24.5 Å². The molecule has 1 saturated heterocycles. The number of unbranched alkanes of at least 4 members (excludes halogenated alkanes) is 2. The van der Waals surface area contributed by atoms with Crippen LogP contribution in [0, 0.1) is 0 Å². The molecule has 7 nitrogen and oxygen atoms in total. The fourth-order valence-corrected chi connectivity index (χ4v) is 3.22. The Bertz CT molecular complexity index is 749. The minimum absolute atomic E-state index is 0.104. The third-order valence-electron chi connectivity index (χ3n) is 4.38. The Kier molecular flexibility index (Phi) is 5.75. The number of nitrogen functional groups attached to an aromatic ring is 1. The van der Waals surface area contributed by atoms with Crippen molar-refractivity contribution in [2.24, 2.45) is 0 Å². The van der Waals surface area contributed by atoms with E-state index < -0.39 is 0 Å².